The Morgan fingerprint density at radius 3 is 2.00 bits per heavy atom. The van der Waals surface area contributed by atoms with E-state index in [1.807, 2.05) is 29.2 Å². The van der Waals surface area contributed by atoms with E-state index in [0.29, 0.717) is 34.5 Å². The number of hydrogen-bond donors (Lipinski definition) is 1. The molecular formula is C17H16Cl3N3O. The molecule has 0 amide bonds. The molecule has 0 saturated carbocycles. The van der Waals surface area contributed by atoms with E-state index in [9.17, 15) is 5.21 Å². The van der Waals surface area contributed by atoms with Crippen LogP contribution >= 0.6 is 34.8 Å². The molecule has 7 heteroatoms. The summed E-state index contributed by atoms with van der Waals surface area (Å²) in [6.07, 6.45) is 0. The highest BCUT2D eigenvalue weighted by molar-refractivity contribution is 6.40. The lowest BCUT2D eigenvalue weighted by Crippen LogP contribution is -2.49. The Hall–Kier alpha value is -1.62. The minimum Gasteiger partial charge on any atom is -0.409 e. The summed E-state index contributed by atoms with van der Waals surface area (Å²) in [4.78, 5) is 4.18. The number of rotatable bonds is 2. The van der Waals surface area contributed by atoms with Gasteiger partial charge in [0.2, 0.25) is 0 Å². The third-order valence-corrected chi connectivity index (χ3v) is 5.00. The highest BCUT2D eigenvalue weighted by Gasteiger charge is 2.25. The van der Waals surface area contributed by atoms with E-state index in [1.54, 1.807) is 18.2 Å². The topological polar surface area (TPSA) is 39.1 Å². The van der Waals surface area contributed by atoms with Gasteiger partial charge in [-0.05, 0) is 24.3 Å². The van der Waals surface area contributed by atoms with Crippen molar-refractivity contribution in [3.8, 4) is 0 Å². The number of nitrogens with zero attached hydrogens (tertiary/aromatic N) is 3. The van der Waals surface area contributed by atoms with Gasteiger partial charge in [-0.2, -0.15) is 0 Å². The van der Waals surface area contributed by atoms with Crippen LogP contribution in [-0.2, 0) is 0 Å². The van der Waals surface area contributed by atoms with Gasteiger partial charge in [-0.3, -0.25) is 0 Å². The Balaban J connectivity index is 1.77. The van der Waals surface area contributed by atoms with Crippen LogP contribution in [0.3, 0.4) is 0 Å². The van der Waals surface area contributed by atoms with Crippen molar-refractivity contribution >= 4 is 46.3 Å². The maximum Gasteiger partial charge on any atom is 0.178 e. The van der Waals surface area contributed by atoms with Crippen LogP contribution in [0.25, 0.3) is 0 Å². The zero-order valence-electron chi connectivity index (χ0n) is 12.8. The number of benzene rings is 2. The summed E-state index contributed by atoms with van der Waals surface area (Å²) in [7, 11) is 0. The van der Waals surface area contributed by atoms with Crippen molar-refractivity contribution in [2.24, 2.45) is 5.16 Å². The summed E-state index contributed by atoms with van der Waals surface area (Å²) >= 11 is 18.7. The van der Waals surface area contributed by atoms with Crippen LogP contribution in [0, 0.1) is 0 Å². The summed E-state index contributed by atoms with van der Waals surface area (Å²) in [5.74, 6) is 0.393. The molecule has 0 aromatic heterocycles. The molecule has 2 aromatic rings. The minimum absolute atomic E-state index is 0.393. The monoisotopic (exact) mass is 383 g/mol. The zero-order chi connectivity index (χ0) is 17.1. The third-order valence-electron chi connectivity index (χ3n) is 4.05. The molecule has 0 unspecified atom stereocenters. The Morgan fingerprint density at radius 1 is 0.833 bits per heavy atom. The maximum atomic E-state index is 9.50. The summed E-state index contributed by atoms with van der Waals surface area (Å²) in [6.45, 7) is 2.86. The molecule has 2 aromatic carbocycles. The Kier molecular flexibility index (Phi) is 5.39. The second-order valence-corrected chi connectivity index (χ2v) is 6.67. The normalized spacial score (nSPS) is 15.7. The van der Waals surface area contributed by atoms with Gasteiger partial charge in [0.15, 0.2) is 5.84 Å². The van der Waals surface area contributed by atoms with E-state index in [4.69, 9.17) is 34.8 Å². The molecule has 4 nitrogen and oxygen atoms in total. The number of para-hydroxylation sites is 1. The third kappa shape index (κ3) is 3.41. The maximum absolute atomic E-state index is 9.50. The molecule has 1 aliphatic heterocycles. The van der Waals surface area contributed by atoms with Gasteiger partial charge in [0.25, 0.3) is 0 Å². The van der Waals surface area contributed by atoms with Crippen LogP contribution in [0.2, 0.25) is 15.1 Å². The van der Waals surface area contributed by atoms with Crippen molar-refractivity contribution in [2.45, 2.75) is 0 Å². The van der Waals surface area contributed by atoms with Gasteiger partial charge in [0.05, 0.1) is 26.3 Å². The van der Waals surface area contributed by atoms with Gasteiger partial charge in [-0.15, -0.1) is 0 Å². The molecule has 0 aliphatic carbocycles. The van der Waals surface area contributed by atoms with Crippen LogP contribution in [0.5, 0.6) is 0 Å². The van der Waals surface area contributed by atoms with Crippen molar-refractivity contribution in [3.63, 3.8) is 0 Å². The Morgan fingerprint density at radius 2 is 1.42 bits per heavy atom. The van der Waals surface area contributed by atoms with Crippen LogP contribution in [0.15, 0.2) is 47.6 Å². The van der Waals surface area contributed by atoms with E-state index in [0.717, 1.165) is 23.8 Å². The van der Waals surface area contributed by atoms with E-state index < -0.39 is 0 Å². The second kappa shape index (κ2) is 7.51. The van der Waals surface area contributed by atoms with E-state index >= 15 is 0 Å². The lowest BCUT2D eigenvalue weighted by molar-refractivity contribution is 0.296. The Bertz CT molecular complexity index is 738. The predicted octanol–water partition coefficient (Wildman–Crippen LogP) is 4.60. The predicted molar refractivity (Wildman–Crippen MR) is 100 cm³/mol. The quantitative estimate of drug-likeness (QED) is 0.356. The Labute approximate surface area is 155 Å². The van der Waals surface area contributed by atoms with Crippen LogP contribution in [0.1, 0.15) is 5.56 Å². The van der Waals surface area contributed by atoms with Crippen molar-refractivity contribution in [3.05, 3.63) is 63.1 Å². The molecule has 1 fully saturated rings. The number of hydrogen-bond acceptors (Lipinski definition) is 3. The van der Waals surface area contributed by atoms with Gasteiger partial charge in [0, 0.05) is 26.2 Å². The number of halogens is 3. The van der Waals surface area contributed by atoms with Crippen LogP contribution in [-0.4, -0.2) is 42.1 Å². The van der Waals surface area contributed by atoms with Gasteiger partial charge in [-0.1, -0.05) is 58.2 Å². The molecule has 1 N–H and O–H groups in total. The van der Waals surface area contributed by atoms with Crippen molar-refractivity contribution in [1.29, 1.82) is 0 Å². The summed E-state index contributed by atoms with van der Waals surface area (Å²) in [5, 5.41) is 14.6. The lowest BCUT2D eigenvalue weighted by Gasteiger charge is -2.37. The fourth-order valence-electron chi connectivity index (χ4n) is 2.85. The molecular weight excluding hydrogens is 369 g/mol. The number of oxime groups is 1. The molecule has 0 spiro atoms. The van der Waals surface area contributed by atoms with Crippen molar-refractivity contribution < 1.29 is 5.21 Å². The zero-order valence-corrected chi connectivity index (χ0v) is 15.1. The lowest BCUT2D eigenvalue weighted by atomic mass is 10.1. The molecule has 0 bridgehead atoms. The SMILES string of the molecule is O/N=C(\c1c(Cl)cccc1Cl)N1CCN(c2ccccc2Cl)CC1. The first-order valence-electron chi connectivity index (χ1n) is 7.52. The summed E-state index contributed by atoms with van der Waals surface area (Å²) in [6, 6.07) is 13.0. The molecule has 0 atom stereocenters. The van der Waals surface area contributed by atoms with Crippen molar-refractivity contribution in [2.75, 3.05) is 31.1 Å². The van der Waals surface area contributed by atoms with Gasteiger partial charge in [0.1, 0.15) is 0 Å². The molecule has 3 rings (SSSR count). The number of amidine groups is 1. The minimum atomic E-state index is 0.393. The molecule has 126 valence electrons. The fourth-order valence-corrected chi connectivity index (χ4v) is 3.67. The molecule has 0 radical (unpaired) electrons. The standard InChI is InChI=1S/C17H16Cl3N3O/c18-12-4-1-2-7-15(12)22-8-10-23(11-9-22)17(21-24)16-13(19)5-3-6-14(16)20/h1-7,24H,8-11H2/b21-17+. The number of anilines is 1. The molecule has 1 saturated heterocycles. The van der Waals surface area contributed by atoms with Crippen LogP contribution < -0.4 is 4.90 Å². The largest absolute Gasteiger partial charge is 0.409 e. The number of piperazine rings is 1. The van der Waals surface area contributed by atoms with Gasteiger partial charge in [-0.25, -0.2) is 0 Å². The second-order valence-electron chi connectivity index (χ2n) is 5.45. The first-order valence-corrected chi connectivity index (χ1v) is 8.66. The molecule has 1 heterocycles. The highest BCUT2D eigenvalue weighted by Crippen LogP contribution is 2.29. The summed E-state index contributed by atoms with van der Waals surface area (Å²) < 4.78 is 0. The average molecular weight is 385 g/mol. The fraction of sp³-hybridized carbons (Fsp3) is 0.235. The van der Waals surface area contributed by atoms with E-state index in [1.165, 1.54) is 0 Å². The van der Waals surface area contributed by atoms with Gasteiger partial charge < -0.3 is 15.0 Å². The van der Waals surface area contributed by atoms with Gasteiger partial charge >= 0.3 is 0 Å². The smallest absolute Gasteiger partial charge is 0.178 e. The van der Waals surface area contributed by atoms with Crippen LogP contribution in [0.4, 0.5) is 5.69 Å². The van der Waals surface area contributed by atoms with E-state index in [-0.39, 0.29) is 0 Å². The molecule has 24 heavy (non-hydrogen) atoms. The first-order chi connectivity index (χ1) is 11.6. The van der Waals surface area contributed by atoms with Crippen molar-refractivity contribution in [1.82, 2.24) is 4.90 Å². The summed E-state index contributed by atoms with van der Waals surface area (Å²) in [5.41, 5.74) is 1.56. The average Bonchev–Trinajstić information content (AvgIpc) is 2.59. The van der Waals surface area contributed by atoms with E-state index in [2.05, 4.69) is 10.1 Å². The first kappa shape index (κ1) is 17.2. The highest BCUT2D eigenvalue weighted by atomic mass is 35.5. The molecule has 1 aliphatic rings.